The summed E-state index contributed by atoms with van der Waals surface area (Å²) in [5.74, 6) is 0. The molecular formula is C37H27N. The second kappa shape index (κ2) is 9.21. The summed E-state index contributed by atoms with van der Waals surface area (Å²) < 4.78 is 0. The second-order valence-electron chi connectivity index (χ2n) is 9.88. The summed E-state index contributed by atoms with van der Waals surface area (Å²) in [5.41, 5.74) is 7.22. The van der Waals surface area contributed by atoms with Crippen molar-refractivity contribution in [3.8, 4) is 11.1 Å². The predicted octanol–water partition coefficient (Wildman–Crippen LogP) is 10.6. The van der Waals surface area contributed by atoms with E-state index in [4.69, 9.17) is 0 Å². The molecule has 7 aromatic rings. The molecule has 0 saturated carbocycles. The third kappa shape index (κ3) is 3.72. The third-order valence-electron chi connectivity index (χ3n) is 7.47. The van der Waals surface area contributed by atoms with Gasteiger partial charge in [0, 0.05) is 16.8 Å². The summed E-state index contributed by atoms with van der Waals surface area (Å²) in [5, 5.41) is 7.61. The van der Waals surface area contributed by atoms with Crippen molar-refractivity contribution < 1.29 is 0 Å². The van der Waals surface area contributed by atoms with Crippen molar-refractivity contribution in [1.82, 2.24) is 0 Å². The molecule has 0 aliphatic heterocycles. The summed E-state index contributed by atoms with van der Waals surface area (Å²) in [6, 6.07) is 52.6. The van der Waals surface area contributed by atoms with Gasteiger partial charge in [-0.3, -0.25) is 0 Å². The van der Waals surface area contributed by atoms with Gasteiger partial charge in [-0.25, -0.2) is 0 Å². The van der Waals surface area contributed by atoms with Crippen LogP contribution in [0.4, 0.5) is 17.1 Å². The molecule has 0 aliphatic carbocycles. The zero-order valence-corrected chi connectivity index (χ0v) is 21.3. The van der Waals surface area contributed by atoms with Crippen LogP contribution in [0.3, 0.4) is 0 Å². The van der Waals surface area contributed by atoms with Crippen LogP contribution in [-0.4, -0.2) is 0 Å². The summed E-state index contributed by atoms with van der Waals surface area (Å²) in [4.78, 5) is 2.39. The number of para-hydroxylation sites is 1. The number of hydrogen-bond acceptors (Lipinski definition) is 1. The zero-order chi connectivity index (χ0) is 25.5. The molecule has 0 unspecified atom stereocenters. The van der Waals surface area contributed by atoms with Crippen molar-refractivity contribution >= 4 is 49.4 Å². The SMILES string of the molecule is Cc1ccc(N(c2ccccc2)c2cc3cc(-c4ccccc4)c4ccccc4c3c3ccccc23)cc1. The van der Waals surface area contributed by atoms with E-state index in [1.165, 1.54) is 54.7 Å². The van der Waals surface area contributed by atoms with Gasteiger partial charge in [-0.1, -0.05) is 115 Å². The normalized spacial score (nSPS) is 11.3. The summed E-state index contributed by atoms with van der Waals surface area (Å²) >= 11 is 0. The smallest absolute Gasteiger partial charge is 0.0546 e. The first-order valence-corrected chi connectivity index (χ1v) is 13.1. The lowest BCUT2D eigenvalue weighted by Gasteiger charge is -2.28. The number of anilines is 3. The van der Waals surface area contributed by atoms with Crippen LogP contribution in [0.1, 0.15) is 5.56 Å². The van der Waals surface area contributed by atoms with E-state index in [1.54, 1.807) is 0 Å². The lowest BCUT2D eigenvalue weighted by molar-refractivity contribution is 1.29. The van der Waals surface area contributed by atoms with E-state index < -0.39 is 0 Å². The van der Waals surface area contributed by atoms with E-state index in [0.717, 1.165) is 11.4 Å². The predicted molar refractivity (Wildman–Crippen MR) is 164 cm³/mol. The monoisotopic (exact) mass is 485 g/mol. The zero-order valence-electron chi connectivity index (χ0n) is 21.3. The molecule has 7 rings (SSSR count). The average Bonchev–Trinajstić information content (AvgIpc) is 2.99. The summed E-state index contributed by atoms with van der Waals surface area (Å²) in [6.45, 7) is 2.14. The van der Waals surface area contributed by atoms with Crippen LogP contribution in [0.2, 0.25) is 0 Å². The van der Waals surface area contributed by atoms with Crippen LogP contribution < -0.4 is 4.90 Å². The third-order valence-corrected chi connectivity index (χ3v) is 7.47. The van der Waals surface area contributed by atoms with Crippen molar-refractivity contribution in [2.45, 2.75) is 6.92 Å². The van der Waals surface area contributed by atoms with E-state index in [2.05, 4.69) is 157 Å². The molecule has 0 N–H and O–H groups in total. The number of aryl methyl sites for hydroxylation is 1. The molecule has 0 aromatic heterocycles. The molecule has 0 atom stereocenters. The Labute approximate surface area is 223 Å². The van der Waals surface area contributed by atoms with Gasteiger partial charge in [0.25, 0.3) is 0 Å². The van der Waals surface area contributed by atoms with Crippen molar-refractivity contribution in [1.29, 1.82) is 0 Å². The highest BCUT2D eigenvalue weighted by atomic mass is 15.1. The Bertz CT molecular complexity index is 1900. The fourth-order valence-corrected chi connectivity index (χ4v) is 5.70. The van der Waals surface area contributed by atoms with E-state index in [0.29, 0.717) is 0 Å². The number of rotatable bonds is 4. The fourth-order valence-electron chi connectivity index (χ4n) is 5.70. The Morgan fingerprint density at radius 1 is 0.447 bits per heavy atom. The van der Waals surface area contributed by atoms with Crippen molar-refractivity contribution in [3.05, 3.63) is 151 Å². The van der Waals surface area contributed by atoms with Crippen LogP contribution in [-0.2, 0) is 0 Å². The molecule has 0 spiro atoms. The largest absolute Gasteiger partial charge is 0.310 e. The first-order chi connectivity index (χ1) is 18.8. The van der Waals surface area contributed by atoms with Gasteiger partial charge in [-0.2, -0.15) is 0 Å². The van der Waals surface area contributed by atoms with Crippen LogP contribution >= 0.6 is 0 Å². The summed E-state index contributed by atoms with van der Waals surface area (Å²) in [7, 11) is 0. The highest BCUT2D eigenvalue weighted by molar-refractivity contribution is 6.26. The van der Waals surface area contributed by atoms with Crippen LogP contribution in [0, 0.1) is 6.92 Å². The molecule has 0 fully saturated rings. The van der Waals surface area contributed by atoms with Gasteiger partial charge >= 0.3 is 0 Å². The number of benzene rings is 7. The summed E-state index contributed by atoms with van der Waals surface area (Å²) in [6.07, 6.45) is 0. The van der Waals surface area contributed by atoms with Gasteiger partial charge in [0.15, 0.2) is 0 Å². The van der Waals surface area contributed by atoms with Crippen LogP contribution in [0.15, 0.2) is 146 Å². The second-order valence-corrected chi connectivity index (χ2v) is 9.88. The van der Waals surface area contributed by atoms with Crippen molar-refractivity contribution in [2.75, 3.05) is 4.90 Å². The number of fused-ring (bicyclic) bond motifs is 5. The molecule has 0 radical (unpaired) electrons. The minimum absolute atomic E-state index is 1.14. The van der Waals surface area contributed by atoms with Crippen LogP contribution in [0.5, 0.6) is 0 Å². The average molecular weight is 486 g/mol. The number of hydrogen-bond donors (Lipinski definition) is 0. The maximum Gasteiger partial charge on any atom is 0.0546 e. The van der Waals surface area contributed by atoms with Crippen molar-refractivity contribution in [2.24, 2.45) is 0 Å². The molecule has 0 aliphatic rings. The Hall–Kier alpha value is -4.88. The molecule has 1 nitrogen and oxygen atoms in total. The quantitative estimate of drug-likeness (QED) is 0.224. The van der Waals surface area contributed by atoms with E-state index in [1.807, 2.05) is 0 Å². The van der Waals surface area contributed by atoms with E-state index >= 15 is 0 Å². The fraction of sp³-hybridized carbons (Fsp3) is 0.0270. The molecule has 7 aromatic carbocycles. The molecule has 38 heavy (non-hydrogen) atoms. The Kier molecular flexibility index (Phi) is 5.41. The molecule has 0 bridgehead atoms. The molecule has 0 amide bonds. The molecular weight excluding hydrogens is 458 g/mol. The van der Waals surface area contributed by atoms with Gasteiger partial charge in [0.1, 0.15) is 0 Å². The lowest BCUT2D eigenvalue weighted by Crippen LogP contribution is -2.10. The first kappa shape index (κ1) is 22.3. The first-order valence-electron chi connectivity index (χ1n) is 13.1. The van der Waals surface area contributed by atoms with Gasteiger partial charge < -0.3 is 4.90 Å². The molecule has 0 heterocycles. The van der Waals surface area contributed by atoms with Gasteiger partial charge in [-0.15, -0.1) is 0 Å². The minimum Gasteiger partial charge on any atom is -0.310 e. The number of nitrogens with zero attached hydrogens (tertiary/aromatic N) is 1. The van der Waals surface area contributed by atoms with E-state index in [-0.39, 0.29) is 0 Å². The highest BCUT2D eigenvalue weighted by Crippen LogP contribution is 2.45. The Morgan fingerprint density at radius 3 is 1.66 bits per heavy atom. The molecule has 1 heteroatoms. The Balaban J connectivity index is 1.61. The van der Waals surface area contributed by atoms with Crippen LogP contribution in [0.25, 0.3) is 43.4 Å². The lowest BCUT2D eigenvalue weighted by atomic mass is 9.90. The molecule has 0 saturated heterocycles. The minimum atomic E-state index is 1.14. The van der Waals surface area contributed by atoms with Gasteiger partial charge in [-0.05, 0) is 81.4 Å². The standard InChI is InChI=1S/C37H27N/c1-26-20-22-30(23-21-26)38(29-14-6-3-7-15-29)36-25-28-24-35(27-12-4-2-5-13-27)31-16-8-10-18-33(31)37(28)34-19-11-9-17-32(34)36/h2-25H,1H3. The van der Waals surface area contributed by atoms with Crippen molar-refractivity contribution in [3.63, 3.8) is 0 Å². The van der Waals surface area contributed by atoms with Gasteiger partial charge in [0.2, 0.25) is 0 Å². The topological polar surface area (TPSA) is 3.24 Å². The van der Waals surface area contributed by atoms with E-state index in [9.17, 15) is 0 Å². The maximum absolute atomic E-state index is 2.39. The Morgan fingerprint density at radius 2 is 0.974 bits per heavy atom. The van der Waals surface area contributed by atoms with Gasteiger partial charge in [0.05, 0.1) is 5.69 Å². The maximum atomic E-state index is 2.39. The highest BCUT2D eigenvalue weighted by Gasteiger charge is 2.19. The molecule has 180 valence electrons.